The first-order chi connectivity index (χ1) is 17.2. The third-order valence-electron chi connectivity index (χ3n) is 6.41. The second-order valence-corrected chi connectivity index (χ2v) is 11.4. The Morgan fingerprint density at radius 3 is 2.30 bits per heavy atom. The lowest BCUT2D eigenvalue weighted by molar-refractivity contribution is -0.142. The summed E-state index contributed by atoms with van der Waals surface area (Å²) in [7, 11) is -3.59. The van der Waals surface area contributed by atoms with Crippen LogP contribution < -0.4 is 10.1 Å². The lowest BCUT2D eigenvalue weighted by Gasteiger charge is -2.37. The number of hydrogen-bond donors (Lipinski definition) is 1. The van der Waals surface area contributed by atoms with Crippen LogP contribution in [0.4, 0.5) is 18.9 Å². The predicted molar refractivity (Wildman–Crippen MR) is 127 cm³/mol. The molecule has 0 aliphatic heterocycles. The number of anilines is 1. The topological polar surface area (TPSA) is 124 Å². The average Bonchev–Trinajstić information content (AvgIpc) is 2.77. The summed E-state index contributed by atoms with van der Waals surface area (Å²) < 4.78 is 70.1. The van der Waals surface area contributed by atoms with Gasteiger partial charge in [-0.05, 0) is 56.5 Å². The standard InChI is InChI=1S/C24H24F3N5O4S/c1-13-11-17(23(3)9-6-10-23)29-31-21(13)36-22-18(14(2)19(30-32-22)24(25,26)27)20(33)28-15-7-5-8-16(12-15)37(4,34)35/h5,7-8,11-12H,6,9-10H2,1-4H3,(H,28,33). The van der Waals surface area contributed by atoms with Gasteiger partial charge in [0.2, 0.25) is 5.88 Å². The summed E-state index contributed by atoms with van der Waals surface area (Å²) in [5, 5.41) is 17.5. The van der Waals surface area contributed by atoms with E-state index in [1.54, 1.807) is 13.0 Å². The number of aromatic nitrogens is 4. The van der Waals surface area contributed by atoms with E-state index in [-0.39, 0.29) is 21.9 Å². The Kier molecular flexibility index (Phi) is 6.69. The van der Waals surface area contributed by atoms with Crippen LogP contribution in [-0.2, 0) is 21.4 Å². The Morgan fingerprint density at radius 2 is 1.73 bits per heavy atom. The highest BCUT2D eigenvalue weighted by atomic mass is 32.2. The van der Waals surface area contributed by atoms with Gasteiger partial charge in [-0.2, -0.15) is 18.3 Å². The summed E-state index contributed by atoms with van der Waals surface area (Å²) in [6.45, 7) is 4.86. The van der Waals surface area contributed by atoms with E-state index in [0.717, 1.165) is 38.1 Å². The molecule has 0 radical (unpaired) electrons. The van der Waals surface area contributed by atoms with E-state index >= 15 is 0 Å². The Morgan fingerprint density at radius 1 is 1.05 bits per heavy atom. The van der Waals surface area contributed by atoms with E-state index in [9.17, 15) is 26.4 Å². The number of alkyl halides is 3. The second-order valence-electron chi connectivity index (χ2n) is 9.34. The van der Waals surface area contributed by atoms with Gasteiger partial charge in [0.25, 0.3) is 11.8 Å². The number of ether oxygens (including phenoxy) is 1. The van der Waals surface area contributed by atoms with Crippen molar-refractivity contribution in [2.75, 3.05) is 11.6 Å². The molecule has 1 aliphatic carbocycles. The highest BCUT2D eigenvalue weighted by Crippen LogP contribution is 2.43. The number of benzene rings is 1. The molecular weight excluding hydrogens is 511 g/mol. The zero-order valence-electron chi connectivity index (χ0n) is 20.5. The van der Waals surface area contributed by atoms with Crippen molar-refractivity contribution >= 4 is 21.4 Å². The maximum absolute atomic E-state index is 13.6. The fourth-order valence-corrected chi connectivity index (χ4v) is 4.70. The molecule has 1 fully saturated rings. The molecule has 2 aromatic heterocycles. The number of carbonyl (C=O) groups excluding carboxylic acids is 1. The molecule has 0 spiro atoms. The van der Waals surface area contributed by atoms with Crippen molar-refractivity contribution in [3.05, 3.63) is 58.4 Å². The van der Waals surface area contributed by atoms with Crippen molar-refractivity contribution in [1.29, 1.82) is 0 Å². The summed E-state index contributed by atoms with van der Waals surface area (Å²) in [6, 6.07) is 7.11. The fourth-order valence-electron chi connectivity index (χ4n) is 4.03. The smallest absolute Gasteiger partial charge is 0.416 e. The molecule has 3 aromatic rings. The molecule has 4 rings (SSSR count). The minimum atomic E-state index is -4.88. The van der Waals surface area contributed by atoms with E-state index in [2.05, 4.69) is 32.6 Å². The number of nitrogens with one attached hydrogen (secondary N) is 1. The van der Waals surface area contributed by atoms with E-state index < -0.39 is 44.6 Å². The molecule has 2 heterocycles. The number of halogens is 3. The van der Waals surface area contributed by atoms with Crippen LogP contribution in [0.25, 0.3) is 0 Å². The first-order valence-corrected chi connectivity index (χ1v) is 13.2. The molecule has 13 heteroatoms. The Hall–Kier alpha value is -3.61. The van der Waals surface area contributed by atoms with Gasteiger partial charge in [-0.25, -0.2) is 8.42 Å². The number of amides is 1. The minimum Gasteiger partial charge on any atom is -0.416 e. The first kappa shape index (κ1) is 26.5. The Labute approximate surface area is 211 Å². The number of hydrogen-bond acceptors (Lipinski definition) is 8. The molecule has 0 atom stereocenters. The normalized spacial score (nSPS) is 15.1. The quantitative estimate of drug-likeness (QED) is 0.478. The molecule has 196 valence electrons. The van der Waals surface area contributed by atoms with Gasteiger partial charge in [-0.3, -0.25) is 4.79 Å². The molecular formula is C24H24F3N5O4S. The average molecular weight is 536 g/mol. The zero-order valence-corrected chi connectivity index (χ0v) is 21.3. The lowest BCUT2D eigenvalue weighted by Crippen LogP contribution is -2.31. The summed E-state index contributed by atoms with van der Waals surface area (Å²) in [5.74, 6) is -1.53. The zero-order chi connectivity index (χ0) is 27.2. The molecule has 0 bridgehead atoms. The van der Waals surface area contributed by atoms with Gasteiger partial charge < -0.3 is 10.1 Å². The third-order valence-corrected chi connectivity index (χ3v) is 7.52. The van der Waals surface area contributed by atoms with Crippen LogP contribution in [0, 0.1) is 13.8 Å². The predicted octanol–water partition coefficient (Wildman–Crippen LogP) is 4.79. The van der Waals surface area contributed by atoms with Gasteiger partial charge in [0.1, 0.15) is 5.56 Å². The highest BCUT2D eigenvalue weighted by Gasteiger charge is 2.39. The Bertz CT molecular complexity index is 1490. The van der Waals surface area contributed by atoms with Crippen molar-refractivity contribution in [2.24, 2.45) is 0 Å². The van der Waals surface area contributed by atoms with Crippen LogP contribution in [0.5, 0.6) is 11.8 Å². The van der Waals surface area contributed by atoms with Gasteiger partial charge >= 0.3 is 6.18 Å². The molecule has 0 unspecified atom stereocenters. The van der Waals surface area contributed by atoms with E-state index in [0.29, 0.717) is 5.56 Å². The van der Waals surface area contributed by atoms with Crippen LogP contribution in [-0.4, -0.2) is 41.0 Å². The monoisotopic (exact) mass is 535 g/mol. The third kappa shape index (κ3) is 5.41. The van der Waals surface area contributed by atoms with Crippen molar-refractivity contribution in [2.45, 2.75) is 56.5 Å². The van der Waals surface area contributed by atoms with Crippen LogP contribution in [0.15, 0.2) is 35.2 Å². The van der Waals surface area contributed by atoms with E-state index in [4.69, 9.17) is 4.74 Å². The molecule has 1 aromatic carbocycles. The molecule has 1 N–H and O–H groups in total. The molecule has 1 aliphatic rings. The summed E-state index contributed by atoms with van der Waals surface area (Å²) >= 11 is 0. The highest BCUT2D eigenvalue weighted by molar-refractivity contribution is 7.90. The lowest BCUT2D eigenvalue weighted by atomic mass is 9.68. The van der Waals surface area contributed by atoms with Crippen LogP contribution in [0.3, 0.4) is 0 Å². The van der Waals surface area contributed by atoms with Gasteiger partial charge in [0.15, 0.2) is 15.5 Å². The molecule has 1 amide bonds. The first-order valence-electron chi connectivity index (χ1n) is 11.3. The summed E-state index contributed by atoms with van der Waals surface area (Å²) in [4.78, 5) is 13.1. The molecule has 0 saturated heterocycles. The fraction of sp³-hybridized carbons (Fsp3) is 0.375. The van der Waals surface area contributed by atoms with Gasteiger partial charge in [0, 0.05) is 22.9 Å². The number of rotatable bonds is 6. The van der Waals surface area contributed by atoms with Crippen molar-refractivity contribution in [1.82, 2.24) is 20.4 Å². The maximum atomic E-state index is 13.6. The minimum absolute atomic E-state index is 0.0340. The second kappa shape index (κ2) is 9.36. The number of carbonyl (C=O) groups is 1. The van der Waals surface area contributed by atoms with Crippen LogP contribution in [0.2, 0.25) is 0 Å². The molecule has 37 heavy (non-hydrogen) atoms. The Balaban J connectivity index is 1.73. The molecule has 1 saturated carbocycles. The SMILES string of the molecule is Cc1cc(C2(C)CCC2)nnc1Oc1nnc(C(F)(F)F)c(C)c1C(=O)Nc1cccc(S(C)(=O)=O)c1. The van der Waals surface area contributed by atoms with Crippen molar-refractivity contribution < 1.29 is 31.1 Å². The van der Waals surface area contributed by atoms with E-state index in [1.165, 1.54) is 24.3 Å². The largest absolute Gasteiger partial charge is 0.435 e. The van der Waals surface area contributed by atoms with Crippen LogP contribution in [0.1, 0.15) is 59.1 Å². The van der Waals surface area contributed by atoms with Gasteiger partial charge in [-0.15, -0.1) is 15.3 Å². The maximum Gasteiger partial charge on any atom is 0.435 e. The van der Waals surface area contributed by atoms with Gasteiger partial charge in [0.05, 0.1) is 10.6 Å². The van der Waals surface area contributed by atoms with Gasteiger partial charge in [-0.1, -0.05) is 19.4 Å². The summed E-state index contributed by atoms with van der Waals surface area (Å²) in [6.07, 6.45) is -0.865. The summed E-state index contributed by atoms with van der Waals surface area (Å²) in [5.41, 5.74) is -1.09. The van der Waals surface area contributed by atoms with E-state index in [1.807, 2.05) is 0 Å². The van der Waals surface area contributed by atoms with Crippen molar-refractivity contribution in [3.63, 3.8) is 0 Å². The van der Waals surface area contributed by atoms with Crippen molar-refractivity contribution in [3.8, 4) is 11.8 Å². The number of nitrogens with zero attached hydrogens (tertiary/aromatic N) is 4. The number of sulfone groups is 1. The molecule has 9 nitrogen and oxygen atoms in total. The van der Waals surface area contributed by atoms with Crippen LogP contribution >= 0.6 is 0 Å². The number of aryl methyl sites for hydroxylation is 1.